The van der Waals surface area contributed by atoms with Crippen LogP contribution in [0.15, 0.2) is 84.9 Å². The summed E-state index contributed by atoms with van der Waals surface area (Å²) in [6.45, 7) is 0. The smallest absolute Gasteiger partial charge is 0.346 e. The van der Waals surface area contributed by atoms with Crippen molar-refractivity contribution in [3.05, 3.63) is 118 Å². The molecule has 0 unspecified atom stereocenters. The topological polar surface area (TPSA) is 77.5 Å². The molecule has 0 heterocycles. The van der Waals surface area contributed by atoms with Crippen molar-refractivity contribution in [2.45, 2.75) is 0 Å². The van der Waals surface area contributed by atoms with Crippen LogP contribution in [0.3, 0.4) is 0 Å². The van der Waals surface area contributed by atoms with Gasteiger partial charge in [0.25, 0.3) is 0 Å². The number of carbonyl (C=O) groups is 4. The Kier molecular flexibility index (Phi) is 4.01. The molecule has 0 aromatic heterocycles. The molecule has 0 saturated heterocycles. The van der Waals surface area contributed by atoms with Crippen molar-refractivity contribution < 1.29 is 23.9 Å². The van der Waals surface area contributed by atoms with Gasteiger partial charge in [-0.1, -0.05) is 60.7 Å². The summed E-state index contributed by atoms with van der Waals surface area (Å²) in [5.41, 5.74) is 5.30. The minimum atomic E-state index is -0.860. The Bertz CT molecular complexity index is 1440. The molecule has 4 aromatic rings. The van der Waals surface area contributed by atoms with E-state index in [1.54, 1.807) is 36.4 Å². The van der Waals surface area contributed by atoms with E-state index in [9.17, 15) is 19.2 Å². The first-order valence-corrected chi connectivity index (χ1v) is 10.4. The Morgan fingerprint density at radius 3 is 1.24 bits per heavy atom. The normalized spacial score (nSPS) is 12.6. The molecule has 5 nitrogen and oxygen atoms in total. The van der Waals surface area contributed by atoms with E-state index in [1.165, 1.54) is 24.3 Å². The molecule has 0 amide bonds. The first-order chi connectivity index (χ1) is 16.0. The zero-order chi connectivity index (χ0) is 22.7. The van der Waals surface area contributed by atoms with Crippen molar-refractivity contribution >= 4 is 23.5 Å². The first kappa shape index (κ1) is 19.1. The predicted octanol–water partition coefficient (Wildman–Crippen LogP) is 5.11. The van der Waals surface area contributed by atoms with Crippen LogP contribution in [0, 0.1) is 0 Å². The van der Waals surface area contributed by atoms with Crippen LogP contribution in [0.4, 0.5) is 0 Å². The lowest BCUT2D eigenvalue weighted by molar-refractivity contribution is 0.0397. The summed E-state index contributed by atoms with van der Waals surface area (Å²) in [4.78, 5) is 50.7. The van der Waals surface area contributed by atoms with Crippen LogP contribution in [0.2, 0.25) is 0 Å². The Labute approximate surface area is 188 Å². The van der Waals surface area contributed by atoms with Gasteiger partial charge in [0.1, 0.15) is 0 Å². The predicted molar refractivity (Wildman–Crippen MR) is 120 cm³/mol. The highest BCUT2D eigenvalue weighted by Gasteiger charge is 2.29. The Morgan fingerprint density at radius 2 is 0.818 bits per heavy atom. The summed E-state index contributed by atoms with van der Waals surface area (Å²) in [6, 6.07) is 23.8. The van der Waals surface area contributed by atoms with Crippen LogP contribution in [0.5, 0.6) is 0 Å². The van der Waals surface area contributed by atoms with Crippen LogP contribution in [-0.2, 0) is 4.74 Å². The quantitative estimate of drug-likeness (QED) is 0.282. The Balaban J connectivity index is 1.26. The summed E-state index contributed by atoms with van der Waals surface area (Å²) >= 11 is 0. The fourth-order valence-electron chi connectivity index (χ4n) is 4.51. The molecular weight excluding hydrogens is 416 g/mol. The molecule has 6 rings (SSSR count). The van der Waals surface area contributed by atoms with Crippen molar-refractivity contribution in [2.24, 2.45) is 0 Å². The van der Waals surface area contributed by atoms with Crippen molar-refractivity contribution in [1.82, 2.24) is 0 Å². The lowest BCUT2D eigenvalue weighted by atomic mass is 10.0. The summed E-state index contributed by atoms with van der Waals surface area (Å²) in [5.74, 6) is -2.06. The lowest BCUT2D eigenvalue weighted by Gasteiger charge is -2.06. The second-order valence-electron chi connectivity index (χ2n) is 7.95. The summed E-state index contributed by atoms with van der Waals surface area (Å²) < 4.78 is 5.07. The SMILES string of the molecule is O=C(OC(=O)c1ccc2c(c1)C(=O)c1ccccc1-2)c1ccc2c(c1)C(=O)c1ccccc1-2. The Hall–Kier alpha value is -4.64. The van der Waals surface area contributed by atoms with Crippen molar-refractivity contribution in [1.29, 1.82) is 0 Å². The van der Waals surface area contributed by atoms with Crippen LogP contribution < -0.4 is 0 Å². The van der Waals surface area contributed by atoms with E-state index in [0.717, 1.165) is 22.3 Å². The van der Waals surface area contributed by atoms with Gasteiger partial charge in [0, 0.05) is 22.3 Å². The van der Waals surface area contributed by atoms with Gasteiger partial charge in [-0.05, 0) is 46.5 Å². The highest BCUT2D eigenvalue weighted by Crippen LogP contribution is 2.38. The number of rotatable bonds is 2. The van der Waals surface area contributed by atoms with E-state index in [0.29, 0.717) is 22.3 Å². The van der Waals surface area contributed by atoms with Crippen molar-refractivity contribution in [3.8, 4) is 22.3 Å². The average molecular weight is 430 g/mol. The number of hydrogen-bond donors (Lipinski definition) is 0. The number of ketones is 2. The molecule has 0 N–H and O–H groups in total. The largest absolute Gasteiger partial charge is 0.386 e. The van der Waals surface area contributed by atoms with E-state index >= 15 is 0 Å². The zero-order valence-corrected chi connectivity index (χ0v) is 17.1. The third kappa shape index (κ3) is 2.79. The fraction of sp³-hybridized carbons (Fsp3) is 0. The van der Waals surface area contributed by atoms with Crippen molar-refractivity contribution in [2.75, 3.05) is 0 Å². The molecule has 0 radical (unpaired) electrons. The average Bonchev–Trinajstić information content (AvgIpc) is 3.30. The molecule has 0 bridgehead atoms. The highest BCUT2D eigenvalue weighted by atomic mass is 16.6. The molecule has 33 heavy (non-hydrogen) atoms. The standard InChI is InChI=1S/C28H14O5/c29-25-21-7-3-1-5-17(21)19-11-9-15(13-23(19)25)27(31)33-28(32)16-10-12-20-18-6-2-4-8-22(18)26(30)24(20)14-16/h1-14H. The van der Waals surface area contributed by atoms with E-state index in [1.807, 2.05) is 24.3 Å². The summed E-state index contributed by atoms with van der Waals surface area (Å²) in [6.07, 6.45) is 0. The number of esters is 2. The highest BCUT2D eigenvalue weighted by molar-refractivity contribution is 6.23. The molecule has 2 aliphatic rings. The van der Waals surface area contributed by atoms with Gasteiger partial charge in [0.2, 0.25) is 0 Å². The van der Waals surface area contributed by atoms with Gasteiger partial charge in [-0.25, -0.2) is 9.59 Å². The minimum Gasteiger partial charge on any atom is -0.386 e. The van der Waals surface area contributed by atoms with Gasteiger partial charge in [-0.3, -0.25) is 9.59 Å². The molecule has 0 spiro atoms. The summed E-state index contributed by atoms with van der Waals surface area (Å²) in [5, 5.41) is 0. The number of hydrogen-bond acceptors (Lipinski definition) is 5. The maximum Gasteiger partial charge on any atom is 0.346 e. The van der Waals surface area contributed by atoms with Gasteiger partial charge in [-0.2, -0.15) is 0 Å². The lowest BCUT2D eigenvalue weighted by Crippen LogP contribution is -2.14. The first-order valence-electron chi connectivity index (χ1n) is 10.4. The third-order valence-electron chi connectivity index (χ3n) is 6.11. The number of benzene rings is 4. The zero-order valence-electron chi connectivity index (χ0n) is 17.1. The van der Waals surface area contributed by atoms with Crippen LogP contribution >= 0.6 is 0 Å². The molecular formula is C28H14O5. The van der Waals surface area contributed by atoms with Crippen LogP contribution in [0.1, 0.15) is 52.6 Å². The molecule has 4 aromatic carbocycles. The van der Waals surface area contributed by atoms with Gasteiger partial charge in [0.15, 0.2) is 11.6 Å². The minimum absolute atomic E-state index is 0.105. The fourth-order valence-corrected chi connectivity index (χ4v) is 4.51. The van der Waals surface area contributed by atoms with Crippen LogP contribution in [-0.4, -0.2) is 23.5 Å². The summed E-state index contributed by atoms with van der Waals surface area (Å²) in [7, 11) is 0. The van der Waals surface area contributed by atoms with Gasteiger partial charge in [-0.15, -0.1) is 0 Å². The molecule has 2 aliphatic carbocycles. The molecule has 0 saturated carbocycles. The molecule has 5 heteroatoms. The van der Waals surface area contributed by atoms with Gasteiger partial charge < -0.3 is 4.74 Å². The van der Waals surface area contributed by atoms with E-state index in [-0.39, 0.29) is 22.7 Å². The number of carbonyl (C=O) groups excluding carboxylic acids is 4. The van der Waals surface area contributed by atoms with Gasteiger partial charge in [0.05, 0.1) is 11.1 Å². The number of fused-ring (bicyclic) bond motifs is 6. The third-order valence-corrected chi connectivity index (χ3v) is 6.11. The maximum atomic E-state index is 12.7. The molecule has 0 fully saturated rings. The van der Waals surface area contributed by atoms with Crippen LogP contribution in [0.25, 0.3) is 22.3 Å². The second-order valence-corrected chi connectivity index (χ2v) is 7.95. The monoisotopic (exact) mass is 430 g/mol. The molecule has 156 valence electrons. The Morgan fingerprint density at radius 1 is 0.455 bits per heavy atom. The second kappa shape index (κ2) is 6.93. The van der Waals surface area contributed by atoms with Gasteiger partial charge >= 0.3 is 11.9 Å². The van der Waals surface area contributed by atoms with E-state index < -0.39 is 11.9 Å². The number of ether oxygens (including phenoxy) is 1. The van der Waals surface area contributed by atoms with Crippen molar-refractivity contribution in [3.63, 3.8) is 0 Å². The molecule has 0 aliphatic heterocycles. The molecule has 0 atom stereocenters. The van der Waals surface area contributed by atoms with E-state index in [2.05, 4.69) is 0 Å². The maximum absolute atomic E-state index is 12.7. The van der Waals surface area contributed by atoms with E-state index in [4.69, 9.17) is 4.74 Å².